The van der Waals surface area contributed by atoms with Crippen molar-refractivity contribution in [1.29, 1.82) is 0 Å². The molecule has 3 rings (SSSR count). The van der Waals surface area contributed by atoms with Gasteiger partial charge in [0.25, 0.3) is 5.91 Å². The fraction of sp³-hybridized carbons (Fsp3) is 0.111. The molecule has 0 fully saturated rings. The fourth-order valence-corrected chi connectivity index (χ4v) is 2.36. The summed E-state index contributed by atoms with van der Waals surface area (Å²) in [4.78, 5) is 19.5. The minimum atomic E-state index is -0.224. The number of aromatic amines is 1. The summed E-state index contributed by atoms with van der Waals surface area (Å²) >= 11 is 0. The Bertz CT molecular complexity index is 844. The van der Waals surface area contributed by atoms with Gasteiger partial charge in [0.05, 0.1) is 32.4 Å². The number of rotatable bonds is 5. The highest BCUT2D eigenvalue weighted by Crippen LogP contribution is 2.28. The lowest BCUT2D eigenvalue weighted by Crippen LogP contribution is -2.12. The Morgan fingerprint density at radius 3 is 2.62 bits per heavy atom. The molecule has 0 aliphatic heterocycles. The lowest BCUT2D eigenvalue weighted by atomic mass is 10.1. The zero-order valence-electron chi connectivity index (χ0n) is 13.4. The second-order valence-corrected chi connectivity index (χ2v) is 5.07. The minimum absolute atomic E-state index is 0.224. The van der Waals surface area contributed by atoms with Crippen LogP contribution >= 0.6 is 0 Å². The maximum absolute atomic E-state index is 12.5. The number of ether oxygens (including phenoxy) is 2. The van der Waals surface area contributed by atoms with Gasteiger partial charge in [-0.1, -0.05) is 12.1 Å². The molecule has 0 saturated carbocycles. The van der Waals surface area contributed by atoms with Gasteiger partial charge in [-0.3, -0.25) is 4.79 Å². The number of hydrogen-bond donors (Lipinski definition) is 2. The van der Waals surface area contributed by atoms with E-state index in [-0.39, 0.29) is 5.91 Å². The lowest BCUT2D eigenvalue weighted by Gasteiger charge is -2.10. The summed E-state index contributed by atoms with van der Waals surface area (Å²) < 4.78 is 10.4. The highest BCUT2D eigenvalue weighted by atomic mass is 16.5. The van der Waals surface area contributed by atoms with Gasteiger partial charge < -0.3 is 19.8 Å². The number of amides is 1. The van der Waals surface area contributed by atoms with E-state index in [9.17, 15) is 4.79 Å². The van der Waals surface area contributed by atoms with E-state index < -0.39 is 0 Å². The average molecular weight is 323 g/mol. The first-order valence-electron chi connectivity index (χ1n) is 7.33. The maximum atomic E-state index is 12.5. The molecule has 0 aliphatic carbocycles. The second-order valence-electron chi connectivity index (χ2n) is 5.07. The molecule has 0 aliphatic rings. The first kappa shape index (κ1) is 15.6. The molecule has 0 radical (unpaired) electrons. The summed E-state index contributed by atoms with van der Waals surface area (Å²) in [6.45, 7) is 0. The zero-order chi connectivity index (χ0) is 16.9. The van der Waals surface area contributed by atoms with Crippen LogP contribution in [0.25, 0.3) is 11.3 Å². The van der Waals surface area contributed by atoms with E-state index in [0.29, 0.717) is 22.7 Å². The van der Waals surface area contributed by atoms with Gasteiger partial charge in [-0.2, -0.15) is 0 Å². The molecule has 0 spiro atoms. The predicted molar refractivity (Wildman–Crippen MR) is 91.5 cm³/mol. The SMILES string of the molecule is COc1ccc(C(=O)Nc2cccc(-c3cnc[nH]3)c2)cc1OC. The molecular weight excluding hydrogens is 306 g/mol. The van der Waals surface area contributed by atoms with Crippen molar-refractivity contribution < 1.29 is 14.3 Å². The molecule has 2 N–H and O–H groups in total. The van der Waals surface area contributed by atoms with Crippen molar-refractivity contribution in [3.05, 3.63) is 60.6 Å². The van der Waals surface area contributed by atoms with Crippen LogP contribution < -0.4 is 14.8 Å². The quantitative estimate of drug-likeness (QED) is 0.755. The van der Waals surface area contributed by atoms with Crippen molar-refractivity contribution in [3.63, 3.8) is 0 Å². The smallest absolute Gasteiger partial charge is 0.255 e. The molecule has 1 heterocycles. The van der Waals surface area contributed by atoms with Gasteiger partial charge in [-0.15, -0.1) is 0 Å². The molecule has 2 aromatic carbocycles. The van der Waals surface area contributed by atoms with Gasteiger partial charge in [0.1, 0.15) is 0 Å². The third-order valence-corrected chi connectivity index (χ3v) is 3.58. The number of nitrogens with zero attached hydrogens (tertiary/aromatic N) is 1. The Morgan fingerprint density at radius 1 is 1.08 bits per heavy atom. The Labute approximate surface area is 139 Å². The third kappa shape index (κ3) is 3.22. The number of aromatic nitrogens is 2. The molecule has 0 unspecified atom stereocenters. The maximum Gasteiger partial charge on any atom is 0.255 e. The molecule has 24 heavy (non-hydrogen) atoms. The molecule has 3 aromatic rings. The Morgan fingerprint density at radius 2 is 1.92 bits per heavy atom. The molecule has 1 amide bonds. The van der Waals surface area contributed by atoms with Crippen molar-refractivity contribution in [2.24, 2.45) is 0 Å². The van der Waals surface area contributed by atoms with Crippen LogP contribution in [0.4, 0.5) is 5.69 Å². The number of anilines is 1. The first-order valence-corrected chi connectivity index (χ1v) is 7.33. The molecular formula is C18H17N3O3. The van der Waals surface area contributed by atoms with Crippen molar-refractivity contribution in [2.45, 2.75) is 0 Å². The number of hydrogen-bond acceptors (Lipinski definition) is 4. The summed E-state index contributed by atoms with van der Waals surface area (Å²) in [6.07, 6.45) is 3.35. The number of nitrogens with one attached hydrogen (secondary N) is 2. The Hall–Kier alpha value is -3.28. The molecule has 0 bridgehead atoms. The standard InChI is InChI=1S/C18H17N3O3/c1-23-16-7-6-13(9-17(16)24-2)18(22)21-14-5-3-4-12(8-14)15-10-19-11-20-15/h3-11H,1-2H3,(H,19,20)(H,21,22). The average Bonchev–Trinajstić information content (AvgIpc) is 3.16. The van der Waals surface area contributed by atoms with Crippen LogP contribution in [-0.4, -0.2) is 30.1 Å². The molecule has 0 saturated heterocycles. The van der Waals surface area contributed by atoms with Crippen molar-refractivity contribution in [3.8, 4) is 22.8 Å². The summed E-state index contributed by atoms with van der Waals surface area (Å²) in [6, 6.07) is 12.6. The normalized spacial score (nSPS) is 10.2. The van der Waals surface area contributed by atoms with Crippen molar-refractivity contribution >= 4 is 11.6 Å². The first-order chi connectivity index (χ1) is 11.7. The Balaban J connectivity index is 1.81. The largest absolute Gasteiger partial charge is 0.493 e. The summed E-state index contributed by atoms with van der Waals surface area (Å²) in [5, 5.41) is 2.88. The van der Waals surface area contributed by atoms with Gasteiger partial charge in [-0.25, -0.2) is 4.98 Å². The highest BCUT2D eigenvalue weighted by molar-refractivity contribution is 6.04. The summed E-state index contributed by atoms with van der Waals surface area (Å²) in [7, 11) is 3.09. The molecule has 0 atom stereocenters. The van der Waals surface area contributed by atoms with Crippen LogP contribution in [0.15, 0.2) is 55.0 Å². The van der Waals surface area contributed by atoms with E-state index in [1.807, 2.05) is 24.3 Å². The van der Waals surface area contributed by atoms with Crippen LogP contribution in [0.2, 0.25) is 0 Å². The van der Waals surface area contributed by atoms with E-state index >= 15 is 0 Å². The number of benzene rings is 2. The lowest BCUT2D eigenvalue weighted by molar-refractivity contribution is 0.102. The van der Waals surface area contributed by atoms with E-state index in [1.165, 1.54) is 7.11 Å². The van der Waals surface area contributed by atoms with Crippen LogP contribution in [0.5, 0.6) is 11.5 Å². The number of H-pyrrole nitrogens is 1. The van der Waals surface area contributed by atoms with Crippen LogP contribution in [0, 0.1) is 0 Å². The minimum Gasteiger partial charge on any atom is -0.493 e. The van der Waals surface area contributed by atoms with Gasteiger partial charge >= 0.3 is 0 Å². The summed E-state index contributed by atoms with van der Waals surface area (Å²) in [5.41, 5.74) is 3.01. The van der Waals surface area contributed by atoms with E-state index in [4.69, 9.17) is 9.47 Å². The topological polar surface area (TPSA) is 76.2 Å². The van der Waals surface area contributed by atoms with Crippen LogP contribution in [-0.2, 0) is 0 Å². The van der Waals surface area contributed by atoms with Crippen molar-refractivity contribution in [2.75, 3.05) is 19.5 Å². The van der Waals surface area contributed by atoms with Gasteiger partial charge in [0, 0.05) is 16.8 Å². The second kappa shape index (κ2) is 6.87. The summed E-state index contributed by atoms with van der Waals surface area (Å²) in [5.74, 6) is 0.865. The predicted octanol–water partition coefficient (Wildman–Crippen LogP) is 3.35. The zero-order valence-corrected chi connectivity index (χ0v) is 13.4. The fourth-order valence-electron chi connectivity index (χ4n) is 2.36. The van der Waals surface area contributed by atoms with Gasteiger partial charge in [0.2, 0.25) is 0 Å². The molecule has 6 nitrogen and oxygen atoms in total. The molecule has 1 aromatic heterocycles. The number of imidazole rings is 1. The van der Waals surface area contributed by atoms with Crippen LogP contribution in [0.3, 0.4) is 0 Å². The van der Waals surface area contributed by atoms with E-state index in [0.717, 1.165) is 11.3 Å². The number of methoxy groups -OCH3 is 2. The third-order valence-electron chi connectivity index (χ3n) is 3.58. The van der Waals surface area contributed by atoms with E-state index in [2.05, 4.69) is 15.3 Å². The Kier molecular flexibility index (Phi) is 4.47. The van der Waals surface area contributed by atoms with Crippen LogP contribution in [0.1, 0.15) is 10.4 Å². The van der Waals surface area contributed by atoms with Gasteiger partial charge in [0.15, 0.2) is 11.5 Å². The number of carbonyl (C=O) groups excluding carboxylic acids is 1. The number of carbonyl (C=O) groups is 1. The van der Waals surface area contributed by atoms with Crippen molar-refractivity contribution in [1.82, 2.24) is 9.97 Å². The van der Waals surface area contributed by atoms with E-state index in [1.54, 1.807) is 37.8 Å². The monoisotopic (exact) mass is 323 g/mol. The highest BCUT2D eigenvalue weighted by Gasteiger charge is 2.11. The molecule has 122 valence electrons. The van der Waals surface area contributed by atoms with Gasteiger partial charge in [-0.05, 0) is 30.3 Å². The molecule has 6 heteroatoms.